The van der Waals surface area contributed by atoms with Crippen LogP contribution in [0.1, 0.15) is 51.6 Å². The molecule has 2 aromatic carbocycles. The lowest BCUT2D eigenvalue weighted by atomic mass is 10.0. The van der Waals surface area contributed by atoms with Crippen LogP contribution in [0.2, 0.25) is 0 Å². The topological polar surface area (TPSA) is 60.0 Å². The Bertz CT molecular complexity index is 871. The van der Waals surface area contributed by atoms with Gasteiger partial charge in [-0.15, -0.1) is 12.1 Å². The normalized spacial score (nSPS) is 15.7. The van der Waals surface area contributed by atoms with Crippen LogP contribution in [0.15, 0.2) is 67.3 Å². The first-order valence-electron chi connectivity index (χ1n) is 11.2. The van der Waals surface area contributed by atoms with Crippen LogP contribution in [0.25, 0.3) is 0 Å². The molecule has 1 heterocycles. The van der Waals surface area contributed by atoms with Crippen LogP contribution < -0.4 is 15.1 Å². The van der Waals surface area contributed by atoms with E-state index in [4.69, 9.17) is 14.3 Å². The summed E-state index contributed by atoms with van der Waals surface area (Å²) < 4.78 is 11.9. The second-order valence-electron chi connectivity index (χ2n) is 8.93. The van der Waals surface area contributed by atoms with Crippen molar-refractivity contribution in [1.82, 2.24) is 10.4 Å². The van der Waals surface area contributed by atoms with Crippen molar-refractivity contribution >= 4 is 6.09 Å². The minimum absolute atomic E-state index is 0.0364. The number of hydrogen-bond acceptors (Lipinski definition) is 5. The highest BCUT2D eigenvalue weighted by Gasteiger charge is 2.28. The number of nitrogens with zero attached hydrogens (tertiary/aromatic N) is 1. The van der Waals surface area contributed by atoms with Crippen LogP contribution in [0, 0.1) is 0 Å². The van der Waals surface area contributed by atoms with E-state index in [2.05, 4.69) is 12.1 Å². The third kappa shape index (κ3) is 7.02. The van der Waals surface area contributed by atoms with Crippen molar-refractivity contribution in [3.63, 3.8) is 0 Å². The first-order chi connectivity index (χ1) is 15.4. The van der Waals surface area contributed by atoms with Crippen LogP contribution in [0.3, 0.4) is 0 Å². The Balaban J connectivity index is 1.62. The molecule has 2 aromatic rings. The molecule has 0 spiro atoms. The van der Waals surface area contributed by atoms with Gasteiger partial charge in [0.15, 0.2) is 0 Å². The maximum Gasteiger partial charge on any atom is 0.410 e. The summed E-state index contributed by atoms with van der Waals surface area (Å²) in [5.74, 6) is 1.56. The SMILES string of the molecule is C=CCC(NOc1ccccc1)c1ccccc1OC1CCN(C(=O)OC(C)(C)C)CC1. The quantitative estimate of drug-likeness (QED) is 0.425. The summed E-state index contributed by atoms with van der Waals surface area (Å²) in [5.41, 5.74) is 3.68. The number of amides is 1. The third-order valence-corrected chi connectivity index (χ3v) is 5.15. The van der Waals surface area contributed by atoms with Crippen molar-refractivity contribution in [3.05, 3.63) is 72.8 Å². The lowest BCUT2D eigenvalue weighted by Crippen LogP contribution is -2.44. The molecule has 0 saturated carbocycles. The average Bonchev–Trinajstić information content (AvgIpc) is 2.77. The molecule has 1 atom stereocenters. The van der Waals surface area contributed by atoms with E-state index < -0.39 is 5.60 Å². The summed E-state index contributed by atoms with van der Waals surface area (Å²) in [6, 6.07) is 17.5. The van der Waals surface area contributed by atoms with Gasteiger partial charge < -0.3 is 19.2 Å². The van der Waals surface area contributed by atoms with Crippen LogP contribution >= 0.6 is 0 Å². The van der Waals surface area contributed by atoms with E-state index >= 15 is 0 Å². The molecule has 1 aliphatic rings. The average molecular weight is 439 g/mol. The third-order valence-electron chi connectivity index (χ3n) is 5.15. The highest BCUT2D eigenvalue weighted by molar-refractivity contribution is 5.68. The Morgan fingerprint density at radius 1 is 1.12 bits per heavy atom. The maximum absolute atomic E-state index is 12.3. The van der Waals surface area contributed by atoms with Crippen molar-refractivity contribution < 1.29 is 19.1 Å². The van der Waals surface area contributed by atoms with Gasteiger partial charge in [-0.2, -0.15) is 0 Å². The van der Waals surface area contributed by atoms with Gasteiger partial charge in [0.1, 0.15) is 23.2 Å². The minimum Gasteiger partial charge on any atom is -0.490 e. The summed E-state index contributed by atoms with van der Waals surface area (Å²) in [5, 5.41) is 0. The summed E-state index contributed by atoms with van der Waals surface area (Å²) in [6.45, 7) is 10.8. The van der Waals surface area contributed by atoms with Crippen molar-refractivity contribution in [2.75, 3.05) is 13.1 Å². The van der Waals surface area contributed by atoms with Gasteiger partial charge in [0.05, 0.1) is 6.04 Å². The molecule has 0 aromatic heterocycles. The van der Waals surface area contributed by atoms with Gasteiger partial charge in [-0.25, -0.2) is 4.79 Å². The van der Waals surface area contributed by atoms with Crippen molar-refractivity contribution in [2.24, 2.45) is 0 Å². The Labute approximate surface area is 191 Å². The highest BCUT2D eigenvalue weighted by atomic mass is 16.6. The van der Waals surface area contributed by atoms with Gasteiger partial charge in [0.25, 0.3) is 0 Å². The van der Waals surface area contributed by atoms with Gasteiger partial charge in [-0.05, 0) is 45.4 Å². The molecule has 0 bridgehead atoms. The molecule has 6 heteroatoms. The van der Waals surface area contributed by atoms with E-state index in [1.165, 1.54) is 0 Å². The van der Waals surface area contributed by atoms with E-state index in [1.54, 1.807) is 4.90 Å². The maximum atomic E-state index is 12.3. The first kappa shape index (κ1) is 23.7. The number of rotatable bonds is 8. The fraction of sp³-hybridized carbons (Fsp3) is 0.423. The number of likely N-dealkylation sites (tertiary alicyclic amines) is 1. The van der Waals surface area contributed by atoms with Gasteiger partial charge in [0, 0.05) is 31.5 Å². The molecule has 6 nitrogen and oxygen atoms in total. The fourth-order valence-corrected chi connectivity index (χ4v) is 3.57. The largest absolute Gasteiger partial charge is 0.490 e. The molecule has 32 heavy (non-hydrogen) atoms. The standard InChI is InChI=1S/C26H34N2O4/c1-5-11-23(27-32-21-12-7-6-8-13-21)22-14-9-10-15-24(22)30-20-16-18-28(19-17-20)25(29)31-26(2,3)4/h5-10,12-15,20,23,27H,1,11,16-19H2,2-4H3. The fourth-order valence-electron chi connectivity index (χ4n) is 3.57. The lowest BCUT2D eigenvalue weighted by Gasteiger charge is -2.34. The molecular weight excluding hydrogens is 404 g/mol. The van der Waals surface area contributed by atoms with Crippen LogP contribution in [-0.4, -0.2) is 35.8 Å². The molecule has 1 saturated heterocycles. The minimum atomic E-state index is -0.488. The number of para-hydroxylation sites is 2. The summed E-state index contributed by atoms with van der Waals surface area (Å²) in [6.07, 6.45) is 3.84. The molecule has 1 N–H and O–H groups in total. The Morgan fingerprint density at radius 2 is 1.78 bits per heavy atom. The number of carbonyl (C=O) groups is 1. The number of piperidine rings is 1. The zero-order valence-electron chi connectivity index (χ0n) is 19.3. The molecule has 1 aliphatic heterocycles. The highest BCUT2D eigenvalue weighted by Crippen LogP contribution is 2.30. The van der Waals surface area contributed by atoms with Gasteiger partial charge >= 0.3 is 6.09 Å². The van der Waals surface area contributed by atoms with E-state index in [9.17, 15) is 4.79 Å². The van der Waals surface area contributed by atoms with Gasteiger partial charge in [-0.3, -0.25) is 0 Å². The van der Waals surface area contributed by atoms with Crippen LogP contribution in [0.4, 0.5) is 4.79 Å². The lowest BCUT2D eigenvalue weighted by molar-refractivity contribution is 0.0124. The van der Waals surface area contributed by atoms with Crippen molar-refractivity contribution in [3.8, 4) is 11.5 Å². The van der Waals surface area contributed by atoms with Crippen LogP contribution in [0.5, 0.6) is 11.5 Å². The zero-order chi connectivity index (χ0) is 23.0. The predicted molar refractivity (Wildman–Crippen MR) is 126 cm³/mol. The molecule has 1 amide bonds. The number of hydroxylamine groups is 1. The van der Waals surface area contributed by atoms with Crippen molar-refractivity contribution in [2.45, 2.75) is 57.8 Å². The molecule has 1 unspecified atom stereocenters. The molecule has 0 radical (unpaired) electrons. The van der Waals surface area contributed by atoms with E-state index in [0.717, 1.165) is 29.9 Å². The van der Waals surface area contributed by atoms with E-state index in [0.29, 0.717) is 19.5 Å². The van der Waals surface area contributed by atoms with Crippen LogP contribution in [-0.2, 0) is 4.74 Å². The molecule has 1 fully saturated rings. The number of nitrogens with one attached hydrogen (secondary N) is 1. The van der Waals surface area contributed by atoms with E-state index in [-0.39, 0.29) is 18.2 Å². The van der Waals surface area contributed by atoms with E-state index in [1.807, 2.05) is 81.4 Å². The molecule has 0 aliphatic carbocycles. The zero-order valence-corrected chi connectivity index (χ0v) is 19.3. The second-order valence-corrected chi connectivity index (χ2v) is 8.93. The molecule has 3 rings (SSSR count). The smallest absolute Gasteiger partial charge is 0.410 e. The van der Waals surface area contributed by atoms with Crippen molar-refractivity contribution in [1.29, 1.82) is 0 Å². The Morgan fingerprint density at radius 3 is 2.44 bits per heavy atom. The van der Waals surface area contributed by atoms with Gasteiger partial charge in [0.2, 0.25) is 0 Å². The summed E-state index contributed by atoms with van der Waals surface area (Å²) in [7, 11) is 0. The monoisotopic (exact) mass is 438 g/mol. The number of carbonyl (C=O) groups excluding carboxylic acids is 1. The Kier molecular flexibility index (Phi) is 8.17. The first-order valence-corrected chi connectivity index (χ1v) is 11.2. The number of benzene rings is 2. The second kappa shape index (κ2) is 11.0. The Hall–Kier alpha value is -2.99. The van der Waals surface area contributed by atoms with Gasteiger partial charge in [-0.1, -0.05) is 42.5 Å². The predicted octanol–water partition coefficient (Wildman–Crippen LogP) is 5.67. The number of ether oxygens (including phenoxy) is 2. The molecular formula is C26H34N2O4. The summed E-state index contributed by atoms with van der Waals surface area (Å²) >= 11 is 0. The molecule has 172 valence electrons. The summed E-state index contributed by atoms with van der Waals surface area (Å²) in [4.78, 5) is 19.9. The number of hydrogen-bond donors (Lipinski definition) is 1.